The van der Waals surface area contributed by atoms with E-state index in [-0.39, 0.29) is 17.5 Å². The summed E-state index contributed by atoms with van der Waals surface area (Å²) in [5.41, 5.74) is 3.03. The number of hydrogen-bond donors (Lipinski definition) is 2. The number of carbonyl (C=O) groups excluding carboxylic acids is 2. The molecule has 0 saturated carbocycles. The van der Waals surface area contributed by atoms with Crippen LogP contribution in [0.15, 0.2) is 79.3 Å². The fourth-order valence-corrected chi connectivity index (χ4v) is 2.68. The quantitative estimate of drug-likeness (QED) is 0.574. The number of carbonyl (C=O) groups is 2. The highest BCUT2D eigenvalue weighted by molar-refractivity contribution is 6.10. The maximum Gasteiger partial charge on any atom is 0.274 e. The molecule has 0 aliphatic carbocycles. The van der Waals surface area contributed by atoms with Gasteiger partial charge < -0.3 is 10.6 Å². The zero-order chi connectivity index (χ0) is 19.3. The predicted octanol–water partition coefficient (Wildman–Crippen LogP) is 3.53. The second-order valence-corrected chi connectivity index (χ2v) is 5.93. The molecule has 0 atom stereocenters. The molecule has 136 valence electrons. The Kier molecular flexibility index (Phi) is 4.71. The molecule has 0 radical (unpaired) electrons. The number of rotatable bonds is 4. The van der Waals surface area contributed by atoms with Gasteiger partial charge in [-0.25, -0.2) is 0 Å². The fraction of sp³-hybridized carbons (Fsp3) is 0. The van der Waals surface area contributed by atoms with E-state index in [0.717, 1.165) is 0 Å². The summed E-state index contributed by atoms with van der Waals surface area (Å²) in [6.45, 7) is 0. The maximum absolute atomic E-state index is 12.7. The number of aromatic nitrogens is 3. The van der Waals surface area contributed by atoms with Gasteiger partial charge in [-0.3, -0.25) is 24.5 Å². The van der Waals surface area contributed by atoms with Gasteiger partial charge in [0.05, 0.1) is 22.4 Å². The third-order valence-corrected chi connectivity index (χ3v) is 4.05. The molecule has 2 amide bonds. The molecule has 2 aromatic heterocycles. The minimum absolute atomic E-state index is 0.289. The lowest BCUT2D eigenvalue weighted by Gasteiger charge is -2.12. The number of nitrogens with one attached hydrogen (secondary N) is 2. The highest BCUT2D eigenvalue weighted by Gasteiger charge is 2.13. The summed E-state index contributed by atoms with van der Waals surface area (Å²) in [5, 5.41) is 5.60. The van der Waals surface area contributed by atoms with E-state index in [2.05, 4.69) is 25.6 Å². The Labute approximate surface area is 160 Å². The molecule has 4 aromatic rings. The third-order valence-electron chi connectivity index (χ3n) is 4.05. The number of fused-ring (bicyclic) bond motifs is 1. The van der Waals surface area contributed by atoms with Crippen LogP contribution in [-0.2, 0) is 0 Å². The maximum atomic E-state index is 12.7. The van der Waals surface area contributed by atoms with Crippen LogP contribution in [0.25, 0.3) is 11.0 Å². The second-order valence-electron chi connectivity index (χ2n) is 5.93. The molecule has 2 aromatic carbocycles. The van der Waals surface area contributed by atoms with Crippen molar-refractivity contribution in [2.75, 3.05) is 10.6 Å². The molecule has 4 rings (SSSR count). The number of amides is 2. The molecular weight excluding hydrogens is 354 g/mol. The highest BCUT2D eigenvalue weighted by atomic mass is 16.2. The Morgan fingerprint density at radius 3 is 2.04 bits per heavy atom. The van der Waals surface area contributed by atoms with Crippen LogP contribution >= 0.6 is 0 Å². The Morgan fingerprint density at radius 2 is 1.32 bits per heavy atom. The number of pyridine rings is 1. The van der Waals surface area contributed by atoms with E-state index in [1.54, 1.807) is 79.3 Å². The third kappa shape index (κ3) is 3.68. The van der Waals surface area contributed by atoms with Crippen molar-refractivity contribution in [3.63, 3.8) is 0 Å². The molecule has 0 fully saturated rings. The van der Waals surface area contributed by atoms with Crippen LogP contribution in [0.2, 0.25) is 0 Å². The van der Waals surface area contributed by atoms with Gasteiger partial charge >= 0.3 is 0 Å². The minimum Gasteiger partial charge on any atom is -0.320 e. The van der Waals surface area contributed by atoms with Crippen LogP contribution in [0.4, 0.5) is 11.4 Å². The molecule has 28 heavy (non-hydrogen) atoms. The van der Waals surface area contributed by atoms with Crippen LogP contribution in [0.5, 0.6) is 0 Å². The summed E-state index contributed by atoms with van der Waals surface area (Å²) in [4.78, 5) is 37.5. The van der Waals surface area contributed by atoms with Gasteiger partial charge in [-0.1, -0.05) is 18.2 Å². The first-order chi connectivity index (χ1) is 13.7. The molecule has 7 nitrogen and oxygen atoms in total. The van der Waals surface area contributed by atoms with Gasteiger partial charge in [-0.15, -0.1) is 0 Å². The SMILES string of the molecule is O=C(Nc1ccccc1NC(=O)c1ccccn1)c1ccc2nccnc2c1. The first kappa shape index (κ1) is 17.3. The van der Waals surface area contributed by atoms with Gasteiger partial charge in [0, 0.05) is 24.2 Å². The number of benzene rings is 2. The number of anilines is 2. The molecule has 0 bridgehead atoms. The van der Waals surface area contributed by atoms with E-state index in [0.29, 0.717) is 28.0 Å². The van der Waals surface area contributed by atoms with E-state index >= 15 is 0 Å². The summed E-state index contributed by atoms with van der Waals surface area (Å²) in [6.07, 6.45) is 4.72. The summed E-state index contributed by atoms with van der Waals surface area (Å²) in [7, 11) is 0. The van der Waals surface area contributed by atoms with Crippen LogP contribution < -0.4 is 10.6 Å². The largest absolute Gasteiger partial charge is 0.320 e. The van der Waals surface area contributed by atoms with Gasteiger partial charge in [0.25, 0.3) is 11.8 Å². The lowest BCUT2D eigenvalue weighted by atomic mass is 10.1. The van der Waals surface area contributed by atoms with Crippen molar-refractivity contribution < 1.29 is 9.59 Å². The van der Waals surface area contributed by atoms with Gasteiger partial charge in [-0.05, 0) is 42.5 Å². The van der Waals surface area contributed by atoms with Gasteiger partial charge in [0.1, 0.15) is 5.69 Å². The molecule has 0 unspecified atom stereocenters. The van der Waals surface area contributed by atoms with Crippen molar-refractivity contribution >= 4 is 34.2 Å². The Morgan fingerprint density at radius 1 is 0.643 bits per heavy atom. The Bertz CT molecular complexity index is 1160. The van der Waals surface area contributed by atoms with Crippen molar-refractivity contribution in [1.29, 1.82) is 0 Å². The monoisotopic (exact) mass is 369 g/mol. The molecule has 2 N–H and O–H groups in total. The highest BCUT2D eigenvalue weighted by Crippen LogP contribution is 2.23. The average molecular weight is 369 g/mol. The summed E-state index contributed by atoms with van der Waals surface area (Å²) in [5.74, 6) is -0.671. The summed E-state index contributed by atoms with van der Waals surface area (Å²) >= 11 is 0. The van der Waals surface area contributed by atoms with Gasteiger partial charge in [0.15, 0.2) is 0 Å². The minimum atomic E-state index is -0.358. The van der Waals surface area contributed by atoms with Gasteiger partial charge in [-0.2, -0.15) is 0 Å². The van der Waals surface area contributed by atoms with Crippen molar-refractivity contribution in [3.05, 3.63) is 90.5 Å². The topological polar surface area (TPSA) is 96.9 Å². The van der Waals surface area contributed by atoms with E-state index in [9.17, 15) is 9.59 Å². The van der Waals surface area contributed by atoms with E-state index in [1.165, 1.54) is 0 Å². The number of nitrogens with zero attached hydrogens (tertiary/aromatic N) is 3. The van der Waals surface area contributed by atoms with Crippen LogP contribution in [0.1, 0.15) is 20.8 Å². The van der Waals surface area contributed by atoms with Crippen LogP contribution in [0.3, 0.4) is 0 Å². The van der Waals surface area contributed by atoms with Crippen LogP contribution in [-0.4, -0.2) is 26.8 Å². The molecule has 0 spiro atoms. The van der Waals surface area contributed by atoms with E-state index < -0.39 is 0 Å². The van der Waals surface area contributed by atoms with Crippen molar-refractivity contribution in [1.82, 2.24) is 15.0 Å². The standard InChI is InChI=1S/C21H15N5O2/c27-20(14-8-9-15-19(13-14)24-12-11-23-15)25-16-5-1-2-6-17(16)26-21(28)18-7-3-4-10-22-18/h1-13H,(H,25,27)(H,26,28). The smallest absolute Gasteiger partial charge is 0.274 e. The van der Waals surface area contributed by atoms with Crippen molar-refractivity contribution in [2.24, 2.45) is 0 Å². The zero-order valence-corrected chi connectivity index (χ0v) is 14.7. The Balaban J connectivity index is 1.56. The first-order valence-electron chi connectivity index (χ1n) is 8.54. The molecule has 7 heteroatoms. The van der Waals surface area contributed by atoms with Crippen LogP contribution in [0, 0.1) is 0 Å². The zero-order valence-electron chi connectivity index (χ0n) is 14.7. The lowest BCUT2D eigenvalue weighted by molar-refractivity contribution is 0.101. The van der Waals surface area contributed by atoms with Crippen molar-refractivity contribution in [3.8, 4) is 0 Å². The first-order valence-corrected chi connectivity index (χ1v) is 8.54. The summed E-state index contributed by atoms with van der Waals surface area (Å²) in [6, 6.07) is 17.2. The Hall–Kier alpha value is -4.13. The van der Waals surface area contributed by atoms with E-state index in [1.807, 2.05) is 0 Å². The molecule has 0 aliphatic heterocycles. The molecule has 0 aliphatic rings. The second kappa shape index (κ2) is 7.63. The predicted molar refractivity (Wildman–Crippen MR) is 106 cm³/mol. The average Bonchev–Trinajstić information content (AvgIpc) is 2.75. The van der Waals surface area contributed by atoms with E-state index in [4.69, 9.17) is 0 Å². The van der Waals surface area contributed by atoms with Crippen molar-refractivity contribution in [2.45, 2.75) is 0 Å². The molecule has 0 saturated heterocycles. The molecular formula is C21H15N5O2. The summed E-state index contributed by atoms with van der Waals surface area (Å²) < 4.78 is 0. The molecule has 2 heterocycles. The van der Waals surface area contributed by atoms with Gasteiger partial charge in [0.2, 0.25) is 0 Å². The lowest BCUT2D eigenvalue weighted by Crippen LogP contribution is -2.17. The fourth-order valence-electron chi connectivity index (χ4n) is 2.68. The number of hydrogen-bond acceptors (Lipinski definition) is 5. The normalized spacial score (nSPS) is 10.4. The number of para-hydroxylation sites is 2.